The minimum atomic E-state index is -1.31. The molecule has 0 aliphatic heterocycles. The predicted molar refractivity (Wildman–Crippen MR) is 66.2 cm³/mol. The summed E-state index contributed by atoms with van der Waals surface area (Å²) in [4.78, 5) is 44.0. The third-order valence-corrected chi connectivity index (χ3v) is 1.79. The number of urea groups is 1. The molecule has 8 heteroatoms. The summed E-state index contributed by atoms with van der Waals surface area (Å²) in [7, 11) is 0. The maximum Gasteiger partial charge on any atom is 0.328 e. The number of carbonyl (C=O) groups is 4. The summed E-state index contributed by atoms with van der Waals surface area (Å²) in [6.07, 6.45) is 1.29. The van der Waals surface area contributed by atoms with Gasteiger partial charge in [0.2, 0.25) is 5.91 Å². The molecule has 106 valence electrons. The lowest BCUT2D eigenvalue weighted by atomic mass is 10.3. The second kappa shape index (κ2) is 7.85. The Kier molecular flexibility index (Phi) is 6.87. The third kappa shape index (κ3) is 8.36. The lowest BCUT2D eigenvalue weighted by Gasteiger charge is -2.15. The van der Waals surface area contributed by atoms with E-state index < -0.39 is 29.9 Å². The minimum absolute atomic E-state index is 0.0695. The number of carbonyl (C=O) groups excluding carboxylic acids is 3. The molecule has 1 atom stereocenters. The number of aliphatic carboxylic acids is 1. The molecule has 0 saturated heterocycles. The molecule has 0 fully saturated rings. The van der Waals surface area contributed by atoms with E-state index in [2.05, 4.69) is 10.6 Å². The molecule has 0 aliphatic rings. The zero-order valence-electron chi connectivity index (χ0n) is 10.9. The zero-order valence-corrected chi connectivity index (χ0v) is 10.9. The smallest absolute Gasteiger partial charge is 0.328 e. The predicted octanol–water partition coefficient (Wildman–Crippen LogP) is -0.634. The Morgan fingerprint density at radius 3 is 2.05 bits per heavy atom. The number of amides is 4. The first kappa shape index (κ1) is 16.6. The minimum Gasteiger partial charge on any atom is -0.478 e. The van der Waals surface area contributed by atoms with Crippen LogP contribution in [0.15, 0.2) is 12.2 Å². The number of nitrogens with one attached hydrogen (secondary N) is 3. The number of rotatable bonds is 5. The molecule has 0 aromatic rings. The molecule has 0 saturated carbocycles. The van der Waals surface area contributed by atoms with Gasteiger partial charge in [-0.05, 0) is 20.8 Å². The molecular formula is C11H17N3O5. The van der Waals surface area contributed by atoms with E-state index in [1.54, 1.807) is 13.8 Å². The standard InChI is InChI=1S/C11H17N3O5/c1-6(2)12-10(18)7(3)13-11(19)14-8(15)4-5-9(16)17/h4-7H,1-3H3,(H,12,18)(H,16,17)(H2,13,14,15,19)/b5-4+. The summed E-state index contributed by atoms with van der Waals surface area (Å²) in [6, 6.07) is -1.77. The summed E-state index contributed by atoms with van der Waals surface area (Å²) in [6.45, 7) is 4.99. The van der Waals surface area contributed by atoms with Crippen molar-refractivity contribution >= 4 is 23.8 Å². The Morgan fingerprint density at radius 2 is 1.58 bits per heavy atom. The van der Waals surface area contributed by atoms with Gasteiger partial charge < -0.3 is 15.7 Å². The van der Waals surface area contributed by atoms with E-state index in [1.807, 2.05) is 5.32 Å². The monoisotopic (exact) mass is 271 g/mol. The summed E-state index contributed by atoms with van der Waals surface area (Å²) in [5.41, 5.74) is 0. The van der Waals surface area contributed by atoms with Gasteiger partial charge in [-0.1, -0.05) is 0 Å². The van der Waals surface area contributed by atoms with Crippen LogP contribution in [0.3, 0.4) is 0 Å². The van der Waals surface area contributed by atoms with Crippen LogP contribution in [-0.2, 0) is 14.4 Å². The van der Waals surface area contributed by atoms with Gasteiger partial charge >= 0.3 is 12.0 Å². The van der Waals surface area contributed by atoms with Crippen molar-refractivity contribution in [2.75, 3.05) is 0 Å². The van der Waals surface area contributed by atoms with Gasteiger partial charge in [-0.3, -0.25) is 14.9 Å². The summed E-state index contributed by atoms with van der Waals surface area (Å²) >= 11 is 0. The Labute approximate surface area is 110 Å². The number of hydrogen-bond donors (Lipinski definition) is 4. The molecule has 0 aromatic heterocycles. The molecule has 8 nitrogen and oxygen atoms in total. The van der Waals surface area contributed by atoms with Crippen molar-refractivity contribution in [2.45, 2.75) is 32.9 Å². The highest BCUT2D eigenvalue weighted by Gasteiger charge is 2.16. The van der Waals surface area contributed by atoms with Gasteiger partial charge in [0.25, 0.3) is 5.91 Å². The van der Waals surface area contributed by atoms with Gasteiger partial charge in [0.05, 0.1) is 0 Å². The summed E-state index contributed by atoms with van der Waals surface area (Å²) < 4.78 is 0. The van der Waals surface area contributed by atoms with E-state index in [4.69, 9.17) is 5.11 Å². The SMILES string of the molecule is CC(C)NC(=O)C(C)NC(=O)NC(=O)/C=C/C(=O)O. The number of carboxylic acids is 1. The van der Waals surface area contributed by atoms with Gasteiger partial charge in [-0.2, -0.15) is 0 Å². The molecule has 0 rings (SSSR count). The van der Waals surface area contributed by atoms with E-state index >= 15 is 0 Å². The molecule has 0 heterocycles. The van der Waals surface area contributed by atoms with Crippen molar-refractivity contribution in [3.8, 4) is 0 Å². The lowest BCUT2D eigenvalue weighted by Crippen LogP contribution is -2.50. The fraction of sp³-hybridized carbons (Fsp3) is 0.455. The van der Waals surface area contributed by atoms with Crippen molar-refractivity contribution in [1.29, 1.82) is 0 Å². The average molecular weight is 271 g/mol. The summed E-state index contributed by atoms with van der Waals surface area (Å²) in [5.74, 6) is -2.59. The number of hydrogen-bond acceptors (Lipinski definition) is 4. The van der Waals surface area contributed by atoms with Crippen molar-refractivity contribution in [1.82, 2.24) is 16.0 Å². The van der Waals surface area contributed by atoms with E-state index in [0.29, 0.717) is 12.2 Å². The second-order valence-electron chi connectivity index (χ2n) is 4.02. The van der Waals surface area contributed by atoms with Gasteiger partial charge in [0.15, 0.2) is 0 Å². The van der Waals surface area contributed by atoms with Gasteiger partial charge in [-0.25, -0.2) is 9.59 Å². The summed E-state index contributed by atoms with van der Waals surface area (Å²) in [5, 5.41) is 15.0. The molecule has 19 heavy (non-hydrogen) atoms. The Balaban J connectivity index is 4.20. The first-order valence-electron chi connectivity index (χ1n) is 5.55. The molecule has 0 aliphatic carbocycles. The van der Waals surface area contributed by atoms with Crippen molar-refractivity contribution < 1.29 is 24.3 Å². The first-order chi connectivity index (χ1) is 8.72. The molecule has 0 spiro atoms. The Morgan fingerprint density at radius 1 is 1.00 bits per heavy atom. The maximum atomic E-state index is 11.5. The van der Waals surface area contributed by atoms with Crippen molar-refractivity contribution in [2.24, 2.45) is 0 Å². The normalized spacial score (nSPS) is 12.0. The molecule has 4 N–H and O–H groups in total. The Bertz CT molecular complexity index is 403. The zero-order chi connectivity index (χ0) is 15.0. The molecular weight excluding hydrogens is 254 g/mol. The Hall–Kier alpha value is -2.38. The maximum absolute atomic E-state index is 11.5. The topological polar surface area (TPSA) is 125 Å². The van der Waals surface area contributed by atoms with Crippen LogP contribution in [0.1, 0.15) is 20.8 Å². The van der Waals surface area contributed by atoms with Crippen LogP contribution < -0.4 is 16.0 Å². The van der Waals surface area contributed by atoms with Crippen LogP contribution >= 0.6 is 0 Å². The van der Waals surface area contributed by atoms with E-state index in [0.717, 1.165) is 0 Å². The van der Waals surface area contributed by atoms with Crippen LogP contribution in [0.4, 0.5) is 4.79 Å². The van der Waals surface area contributed by atoms with Crippen LogP contribution in [-0.4, -0.2) is 41.0 Å². The average Bonchev–Trinajstić information content (AvgIpc) is 2.24. The first-order valence-corrected chi connectivity index (χ1v) is 5.55. The quantitative estimate of drug-likeness (QED) is 0.495. The van der Waals surface area contributed by atoms with Crippen LogP contribution in [0, 0.1) is 0 Å². The number of carboxylic acid groups (broad SMARTS) is 1. The van der Waals surface area contributed by atoms with Crippen molar-refractivity contribution in [3.05, 3.63) is 12.2 Å². The molecule has 0 bridgehead atoms. The van der Waals surface area contributed by atoms with Gasteiger partial charge in [0, 0.05) is 18.2 Å². The molecule has 4 amide bonds. The van der Waals surface area contributed by atoms with E-state index in [1.165, 1.54) is 6.92 Å². The van der Waals surface area contributed by atoms with E-state index in [9.17, 15) is 19.2 Å². The lowest BCUT2D eigenvalue weighted by molar-refractivity contribution is -0.131. The second-order valence-corrected chi connectivity index (χ2v) is 4.02. The van der Waals surface area contributed by atoms with Crippen LogP contribution in [0.2, 0.25) is 0 Å². The molecule has 0 radical (unpaired) electrons. The highest BCUT2D eigenvalue weighted by atomic mass is 16.4. The number of imide groups is 1. The highest BCUT2D eigenvalue weighted by Crippen LogP contribution is 1.86. The third-order valence-electron chi connectivity index (χ3n) is 1.79. The van der Waals surface area contributed by atoms with Crippen LogP contribution in [0.25, 0.3) is 0 Å². The molecule has 0 aromatic carbocycles. The van der Waals surface area contributed by atoms with E-state index in [-0.39, 0.29) is 6.04 Å². The van der Waals surface area contributed by atoms with Crippen LogP contribution in [0.5, 0.6) is 0 Å². The fourth-order valence-corrected chi connectivity index (χ4v) is 1.01. The largest absolute Gasteiger partial charge is 0.478 e. The fourth-order valence-electron chi connectivity index (χ4n) is 1.01. The highest BCUT2D eigenvalue weighted by molar-refractivity contribution is 6.03. The van der Waals surface area contributed by atoms with Crippen molar-refractivity contribution in [3.63, 3.8) is 0 Å². The van der Waals surface area contributed by atoms with Gasteiger partial charge in [0.1, 0.15) is 6.04 Å². The molecule has 1 unspecified atom stereocenters. The van der Waals surface area contributed by atoms with Gasteiger partial charge in [-0.15, -0.1) is 0 Å².